The molecular weight excluding hydrogens is 444 g/mol. The Morgan fingerprint density at radius 3 is 2.51 bits per heavy atom. The minimum atomic E-state index is -1.09. The van der Waals surface area contributed by atoms with Crippen LogP contribution in [0.25, 0.3) is 11.0 Å². The second-order valence-electron chi connectivity index (χ2n) is 9.65. The Bertz CT molecular complexity index is 1150. The lowest BCUT2D eigenvalue weighted by Crippen LogP contribution is -2.51. The number of para-hydroxylation sites is 1. The zero-order chi connectivity index (χ0) is 24.8. The van der Waals surface area contributed by atoms with Crippen molar-refractivity contribution in [3.05, 3.63) is 53.6 Å². The number of nitrogens with zero attached hydrogens (tertiary/aromatic N) is 2. The summed E-state index contributed by atoms with van der Waals surface area (Å²) < 4.78 is 7.80. The van der Waals surface area contributed by atoms with E-state index < -0.39 is 5.54 Å². The number of methoxy groups -OCH3 is 1. The topological polar surface area (TPSA) is 109 Å². The first-order valence-electron chi connectivity index (χ1n) is 12.4. The van der Waals surface area contributed by atoms with Crippen LogP contribution in [0.2, 0.25) is 0 Å². The summed E-state index contributed by atoms with van der Waals surface area (Å²) in [5.41, 5.74) is 2.11. The number of imidazole rings is 1. The first-order chi connectivity index (χ1) is 17.0. The molecular formula is C27H36N4O4. The predicted octanol–water partition coefficient (Wildman–Crippen LogP) is 4.03. The number of carbonyl (C=O) groups excluding carboxylic acids is 1. The Morgan fingerprint density at radius 2 is 1.83 bits per heavy atom. The number of amides is 1. The molecule has 1 aliphatic carbocycles. The lowest BCUT2D eigenvalue weighted by Gasteiger charge is -2.26. The number of rotatable bonds is 9. The Labute approximate surface area is 206 Å². The number of aromatic nitrogens is 2. The first kappa shape index (κ1) is 25.0. The second kappa shape index (κ2) is 11.1. The van der Waals surface area contributed by atoms with Gasteiger partial charge in [-0.3, -0.25) is 4.79 Å². The first-order valence-corrected chi connectivity index (χ1v) is 12.4. The van der Waals surface area contributed by atoms with Crippen LogP contribution in [0.3, 0.4) is 0 Å². The van der Waals surface area contributed by atoms with Gasteiger partial charge in [-0.15, -0.1) is 0 Å². The number of hydrogen-bond donors (Lipinski definition) is 4. The van der Waals surface area contributed by atoms with Crippen molar-refractivity contribution >= 4 is 22.9 Å². The Kier molecular flexibility index (Phi) is 7.93. The molecule has 0 saturated heterocycles. The van der Waals surface area contributed by atoms with Gasteiger partial charge in [-0.1, -0.05) is 43.9 Å². The fourth-order valence-corrected chi connectivity index (χ4v) is 4.75. The molecule has 0 atom stereocenters. The fourth-order valence-electron chi connectivity index (χ4n) is 4.75. The number of benzene rings is 2. The minimum Gasteiger partial charge on any atom is -0.496 e. The lowest BCUT2D eigenvalue weighted by atomic mass is 10.0. The van der Waals surface area contributed by atoms with Crippen molar-refractivity contribution in [3.63, 3.8) is 0 Å². The highest BCUT2D eigenvalue weighted by atomic mass is 16.5. The molecule has 0 bridgehead atoms. The lowest BCUT2D eigenvalue weighted by molar-refractivity contribution is 0.0724. The molecule has 0 spiro atoms. The molecule has 1 saturated carbocycles. The molecule has 188 valence electrons. The molecule has 8 nitrogen and oxygen atoms in total. The van der Waals surface area contributed by atoms with Crippen LogP contribution in [0.4, 0.5) is 5.95 Å². The van der Waals surface area contributed by atoms with E-state index in [-0.39, 0.29) is 19.1 Å². The maximum absolute atomic E-state index is 12.8. The highest BCUT2D eigenvalue weighted by molar-refractivity contribution is 5.98. The summed E-state index contributed by atoms with van der Waals surface area (Å²) in [5.74, 6) is 1.25. The zero-order valence-electron chi connectivity index (χ0n) is 20.6. The molecule has 0 radical (unpaired) electrons. The number of aliphatic hydroxyl groups is 2. The summed E-state index contributed by atoms with van der Waals surface area (Å²) in [6, 6.07) is 13.8. The van der Waals surface area contributed by atoms with Gasteiger partial charge >= 0.3 is 0 Å². The molecule has 4 rings (SSSR count). The van der Waals surface area contributed by atoms with Crippen LogP contribution >= 0.6 is 0 Å². The van der Waals surface area contributed by atoms with Gasteiger partial charge in [0, 0.05) is 23.7 Å². The Morgan fingerprint density at radius 1 is 1.11 bits per heavy atom. The maximum Gasteiger partial charge on any atom is 0.251 e. The van der Waals surface area contributed by atoms with E-state index in [1.165, 1.54) is 25.7 Å². The van der Waals surface area contributed by atoms with Crippen LogP contribution < -0.4 is 15.4 Å². The van der Waals surface area contributed by atoms with Gasteiger partial charge in [0.2, 0.25) is 5.95 Å². The number of carbonyl (C=O) groups is 1. The molecule has 4 N–H and O–H groups in total. The standard InChI is InChI=1S/C27H36N4O4/c1-27(17-32,18-33)30-25(34)19-13-14-23-22(15-19)29-26(31(23)21-10-5-3-4-6-11-21)28-16-20-9-7-8-12-24(20)35-2/h7-9,12-15,21,32-33H,3-6,10-11,16-18H2,1-2H3,(H,28,29)(H,30,34). The van der Waals surface area contributed by atoms with E-state index in [1.54, 1.807) is 26.2 Å². The summed E-state index contributed by atoms with van der Waals surface area (Å²) in [6.07, 6.45) is 7.10. The molecule has 35 heavy (non-hydrogen) atoms. The Hall–Kier alpha value is -3.10. The molecule has 1 aliphatic rings. The van der Waals surface area contributed by atoms with E-state index in [4.69, 9.17) is 9.72 Å². The average Bonchev–Trinajstić information content (AvgIpc) is 3.04. The van der Waals surface area contributed by atoms with Gasteiger partial charge in [-0.05, 0) is 44.0 Å². The molecule has 1 fully saturated rings. The third kappa shape index (κ3) is 5.60. The van der Waals surface area contributed by atoms with Crippen LogP contribution in [0.5, 0.6) is 5.75 Å². The number of aliphatic hydroxyl groups excluding tert-OH is 2. The van der Waals surface area contributed by atoms with E-state index >= 15 is 0 Å². The smallest absolute Gasteiger partial charge is 0.251 e. The summed E-state index contributed by atoms with van der Waals surface area (Å²) in [4.78, 5) is 17.7. The minimum absolute atomic E-state index is 0.342. The van der Waals surface area contributed by atoms with Crippen molar-refractivity contribution in [3.8, 4) is 5.75 Å². The van der Waals surface area contributed by atoms with Gasteiger partial charge in [-0.25, -0.2) is 4.98 Å². The SMILES string of the molecule is COc1ccccc1CNc1nc2cc(C(=O)NC(C)(CO)CO)ccc2n1C1CCCCCC1. The van der Waals surface area contributed by atoms with E-state index in [1.807, 2.05) is 30.3 Å². The monoisotopic (exact) mass is 480 g/mol. The summed E-state index contributed by atoms with van der Waals surface area (Å²) >= 11 is 0. The van der Waals surface area contributed by atoms with Crippen LogP contribution in [0.15, 0.2) is 42.5 Å². The van der Waals surface area contributed by atoms with E-state index in [9.17, 15) is 15.0 Å². The van der Waals surface area contributed by atoms with Gasteiger partial charge in [-0.2, -0.15) is 0 Å². The van der Waals surface area contributed by atoms with Crippen LogP contribution in [-0.4, -0.2) is 51.5 Å². The molecule has 1 heterocycles. The zero-order valence-corrected chi connectivity index (χ0v) is 20.6. The predicted molar refractivity (Wildman–Crippen MR) is 137 cm³/mol. The summed E-state index contributed by atoms with van der Waals surface area (Å²) in [7, 11) is 1.67. The number of nitrogens with one attached hydrogen (secondary N) is 2. The second-order valence-corrected chi connectivity index (χ2v) is 9.65. The van der Waals surface area contributed by atoms with Crippen molar-refractivity contribution in [1.82, 2.24) is 14.9 Å². The van der Waals surface area contributed by atoms with Crippen molar-refractivity contribution in [2.45, 2.75) is 63.6 Å². The largest absolute Gasteiger partial charge is 0.496 e. The third-order valence-electron chi connectivity index (χ3n) is 6.88. The molecule has 8 heteroatoms. The van der Waals surface area contributed by atoms with Crippen molar-refractivity contribution in [1.29, 1.82) is 0 Å². The highest BCUT2D eigenvalue weighted by Gasteiger charge is 2.26. The van der Waals surface area contributed by atoms with Gasteiger partial charge < -0.3 is 30.2 Å². The van der Waals surface area contributed by atoms with Crippen molar-refractivity contribution < 1.29 is 19.7 Å². The van der Waals surface area contributed by atoms with E-state index in [0.29, 0.717) is 18.2 Å². The summed E-state index contributed by atoms with van der Waals surface area (Å²) in [5, 5.41) is 25.3. The molecule has 3 aromatic rings. The molecule has 1 aromatic heterocycles. The number of hydrogen-bond acceptors (Lipinski definition) is 6. The molecule has 1 amide bonds. The highest BCUT2D eigenvalue weighted by Crippen LogP contribution is 2.34. The van der Waals surface area contributed by atoms with Crippen molar-refractivity contribution in [2.24, 2.45) is 0 Å². The quantitative estimate of drug-likeness (QED) is 0.345. The van der Waals surface area contributed by atoms with Crippen molar-refractivity contribution in [2.75, 3.05) is 25.6 Å². The van der Waals surface area contributed by atoms with Crippen LogP contribution in [0.1, 0.15) is 67.4 Å². The van der Waals surface area contributed by atoms with E-state index in [0.717, 1.165) is 41.1 Å². The number of ether oxygens (including phenoxy) is 1. The van der Waals surface area contributed by atoms with Crippen LogP contribution in [0, 0.1) is 0 Å². The van der Waals surface area contributed by atoms with Gasteiger partial charge in [0.25, 0.3) is 5.91 Å². The fraction of sp³-hybridized carbons (Fsp3) is 0.481. The maximum atomic E-state index is 12.8. The Balaban J connectivity index is 1.68. The van der Waals surface area contributed by atoms with Gasteiger partial charge in [0.1, 0.15) is 5.75 Å². The average molecular weight is 481 g/mol. The molecule has 0 aliphatic heterocycles. The van der Waals surface area contributed by atoms with Gasteiger partial charge in [0.05, 0.1) is 36.9 Å². The number of fused-ring (bicyclic) bond motifs is 1. The van der Waals surface area contributed by atoms with E-state index in [2.05, 4.69) is 15.2 Å². The molecule has 2 aromatic carbocycles. The summed E-state index contributed by atoms with van der Waals surface area (Å²) in [6.45, 7) is 1.46. The third-order valence-corrected chi connectivity index (χ3v) is 6.88. The van der Waals surface area contributed by atoms with Gasteiger partial charge in [0.15, 0.2) is 0 Å². The normalized spacial score (nSPS) is 15.1. The number of anilines is 1. The van der Waals surface area contributed by atoms with Crippen LogP contribution in [-0.2, 0) is 6.54 Å². The molecule has 0 unspecified atom stereocenters.